The Bertz CT molecular complexity index is 890. The number of methoxy groups -OCH3 is 2. The quantitative estimate of drug-likeness (QED) is 0.713. The van der Waals surface area contributed by atoms with Crippen LogP contribution in [0.4, 0.5) is 5.69 Å². The van der Waals surface area contributed by atoms with Crippen LogP contribution in [0.25, 0.3) is 0 Å². The highest BCUT2D eigenvalue weighted by molar-refractivity contribution is 7.99. The number of ether oxygens (including phenoxy) is 3. The Morgan fingerprint density at radius 1 is 0.929 bits per heavy atom. The number of nitrogens with zero attached hydrogens (tertiary/aromatic N) is 1. The molecule has 28 heavy (non-hydrogen) atoms. The van der Waals surface area contributed by atoms with E-state index in [-0.39, 0.29) is 24.6 Å². The molecule has 0 bridgehead atoms. The third-order valence-corrected chi connectivity index (χ3v) is 5.25. The lowest BCUT2D eigenvalue weighted by atomic mass is 10.1. The Morgan fingerprint density at radius 2 is 1.50 bits per heavy atom. The van der Waals surface area contributed by atoms with Gasteiger partial charge in [0.2, 0.25) is 0 Å². The van der Waals surface area contributed by atoms with E-state index in [0.29, 0.717) is 0 Å². The summed E-state index contributed by atoms with van der Waals surface area (Å²) in [5.74, 6) is -1.22. The van der Waals surface area contributed by atoms with Gasteiger partial charge in [-0.3, -0.25) is 0 Å². The van der Waals surface area contributed by atoms with Crippen LogP contribution in [-0.4, -0.2) is 39.5 Å². The smallest absolute Gasteiger partial charge is 0.355 e. The summed E-state index contributed by atoms with van der Waals surface area (Å²) in [7, 11) is 2.54. The Hall–Kier alpha value is -2.77. The molecule has 1 heterocycles. The molecule has 0 atom stereocenters. The van der Waals surface area contributed by atoms with Crippen molar-refractivity contribution in [2.75, 3.05) is 32.5 Å². The van der Waals surface area contributed by atoms with Crippen LogP contribution < -0.4 is 4.90 Å². The summed E-state index contributed by atoms with van der Waals surface area (Å²) in [6, 6.07) is 16.0. The van der Waals surface area contributed by atoms with Gasteiger partial charge in [0.25, 0.3) is 0 Å². The van der Waals surface area contributed by atoms with Gasteiger partial charge in [0.05, 0.1) is 26.4 Å². The average molecular weight is 399 g/mol. The van der Waals surface area contributed by atoms with Gasteiger partial charge in [-0.05, 0) is 43.3 Å². The summed E-state index contributed by atoms with van der Waals surface area (Å²) >= 11 is 1.64. The molecule has 3 rings (SSSR count). The fraction of sp³-hybridized carbons (Fsp3) is 0.238. The second kappa shape index (κ2) is 8.95. The first-order valence-corrected chi connectivity index (χ1v) is 9.44. The van der Waals surface area contributed by atoms with Crippen molar-refractivity contribution in [2.45, 2.75) is 16.7 Å². The van der Waals surface area contributed by atoms with Crippen LogP contribution in [0.15, 0.2) is 69.6 Å². The van der Waals surface area contributed by atoms with Crippen LogP contribution in [0.5, 0.6) is 0 Å². The van der Waals surface area contributed by atoms with Crippen LogP contribution >= 0.6 is 11.8 Å². The molecule has 0 spiro atoms. The highest BCUT2D eigenvalue weighted by atomic mass is 32.2. The van der Waals surface area contributed by atoms with Crippen molar-refractivity contribution >= 4 is 29.4 Å². The van der Waals surface area contributed by atoms with E-state index in [4.69, 9.17) is 14.2 Å². The monoisotopic (exact) mass is 399 g/mol. The average Bonchev–Trinajstić information content (AvgIpc) is 2.74. The summed E-state index contributed by atoms with van der Waals surface area (Å²) < 4.78 is 15.1. The highest BCUT2D eigenvalue weighted by Gasteiger charge is 2.32. The van der Waals surface area contributed by atoms with E-state index in [0.717, 1.165) is 15.5 Å². The molecule has 146 valence electrons. The normalized spacial score (nSPS) is 14.0. The van der Waals surface area contributed by atoms with E-state index < -0.39 is 11.9 Å². The lowest BCUT2D eigenvalue weighted by molar-refractivity contribution is -0.140. The Labute approximate surface area is 168 Å². The van der Waals surface area contributed by atoms with Crippen molar-refractivity contribution in [3.63, 3.8) is 0 Å². The molecule has 0 N–H and O–H groups in total. The predicted molar refractivity (Wildman–Crippen MR) is 106 cm³/mol. The molecule has 2 aromatic rings. The molecule has 0 saturated heterocycles. The third kappa shape index (κ3) is 4.37. The van der Waals surface area contributed by atoms with Crippen molar-refractivity contribution in [1.82, 2.24) is 0 Å². The lowest BCUT2D eigenvalue weighted by Gasteiger charge is -2.31. The maximum absolute atomic E-state index is 12.3. The van der Waals surface area contributed by atoms with Crippen molar-refractivity contribution < 1.29 is 23.8 Å². The molecular formula is C21H21NO5S. The minimum Gasteiger partial charge on any atom is -0.466 e. The SMILES string of the molecule is COC(=O)C1=C(C(=O)OC)N(c2ccc(Sc3ccc(C)cc3)cc2)COC1. The summed E-state index contributed by atoms with van der Waals surface area (Å²) in [6.45, 7) is 2.18. The van der Waals surface area contributed by atoms with Crippen LogP contribution in [0, 0.1) is 6.92 Å². The second-order valence-electron chi connectivity index (χ2n) is 6.12. The van der Waals surface area contributed by atoms with Crippen LogP contribution in [0.3, 0.4) is 0 Å². The fourth-order valence-electron chi connectivity index (χ4n) is 2.78. The molecule has 7 heteroatoms. The van der Waals surface area contributed by atoms with Crippen molar-refractivity contribution in [1.29, 1.82) is 0 Å². The van der Waals surface area contributed by atoms with E-state index >= 15 is 0 Å². The van der Waals surface area contributed by atoms with Gasteiger partial charge in [-0.25, -0.2) is 9.59 Å². The molecular weight excluding hydrogens is 378 g/mol. The summed E-state index contributed by atoms with van der Waals surface area (Å²) in [4.78, 5) is 28.2. The summed E-state index contributed by atoms with van der Waals surface area (Å²) in [5, 5.41) is 0. The molecule has 2 aromatic carbocycles. The lowest BCUT2D eigenvalue weighted by Crippen LogP contribution is -2.38. The number of hydrogen-bond acceptors (Lipinski definition) is 7. The Kier molecular flexibility index (Phi) is 6.38. The zero-order chi connectivity index (χ0) is 20.1. The van der Waals surface area contributed by atoms with Gasteiger partial charge in [-0.1, -0.05) is 29.5 Å². The second-order valence-corrected chi connectivity index (χ2v) is 7.27. The molecule has 0 unspecified atom stereocenters. The fourth-order valence-corrected chi connectivity index (χ4v) is 3.60. The van der Waals surface area contributed by atoms with E-state index in [9.17, 15) is 9.59 Å². The topological polar surface area (TPSA) is 65.1 Å². The number of carbonyl (C=O) groups excluding carboxylic acids is 2. The van der Waals surface area contributed by atoms with Crippen LogP contribution in [0.2, 0.25) is 0 Å². The number of carbonyl (C=O) groups is 2. The Balaban J connectivity index is 1.87. The van der Waals surface area contributed by atoms with E-state index in [1.54, 1.807) is 16.7 Å². The van der Waals surface area contributed by atoms with Gasteiger partial charge in [-0.15, -0.1) is 0 Å². The molecule has 0 radical (unpaired) electrons. The van der Waals surface area contributed by atoms with E-state index in [2.05, 4.69) is 31.2 Å². The first kappa shape index (κ1) is 20.0. The van der Waals surface area contributed by atoms with Gasteiger partial charge in [0, 0.05) is 15.5 Å². The van der Waals surface area contributed by atoms with Gasteiger partial charge in [-0.2, -0.15) is 0 Å². The van der Waals surface area contributed by atoms with Gasteiger partial charge >= 0.3 is 11.9 Å². The number of benzene rings is 2. The minimum absolute atomic E-state index is 0.00499. The number of anilines is 1. The molecule has 0 saturated carbocycles. The summed E-state index contributed by atoms with van der Waals surface area (Å²) in [6.07, 6.45) is 0. The van der Waals surface area contributed by atoms with E-state index in [1.165, 1.54) is 19.8 Å². The molecule has 0 amide bonds. The molecule has 1 aliphatic heterocycles. The number of esters is 2. The van der Waals surface area contributed by atoms with Crippen LogP contribution in [0.1, 0.15) is 5.56 Å². The molecule has 1 aliphatic rings. The predicted octanol–water partition coefficient (Wildman–Crippen LogP) is 3.54. The third-order valence-electron chi connectivity index (χ3n) is 4.24. The zero-order valence-corrected chi connectivity index (χ0v) is 16.7. The maximum Gasteiger partial charge on any atom is 0.355 e. The van der Waals surface area contributed by atoms with E-state index in [1.807, 2.05) is 24.3 Å². The molecule has 0 aromatic heterocycles. The largest absolute Gasteiger partial charge is 0.466 e. The van der Waals surface area contributed by atoms with Crippen molar-refractivity contribution in [3.8, 4) is 0 Å². The number of hydrogen-bond donors (Lipinski definition) is 0. The van der Waals surface area contributed by atoms with Gasteiger partial charge in [0.1, 0.15) is 12.4 Å². The first-order chi connectivity index (χ1) is 13.5. The first-order valence-electron chi connectivity index (χ1n) is 8.63. The maximum atomic E-state index is 12.3. The molecule has 0 aliphatic carbocycles. The Morgan fingerprint density at radius 3 is 2.07 bits per heavy atom. The summed E-state index contributed by atoms with van der Waals surface area (Å²) in [5.41, 5.74) is 2.21. The minimum atomic E-state index is -0.614. The molecule has 6 nitrogen and oxygen atoms in total. The van der Waals surface area contributed by atoms with Crippen molar-refractivity contribution in [3.05, 3.63) is 65.4 Å². The van der Waals surface area contributed by atoms with Gasteiger partial charge < -0.3 is 19.1 Å². The van der Waals surface area contributed by atoms with Crippen molar-refractivity contribution in [2.24, 2.45) is 0 Å². The molecule has 0 fully saturated rings. The highest BCUT2D eigenvalue weighted by Crippen LogP contribution is 2.32. The number of aryl methyl sites for hydroxylation is 1. The van der Waals surface area contributed by atoms with Crippen LogP contribution in [-0.2, 0) is 23.8 Å². The standard InChI is InChI=1S/C21H21NO5S/c1-14-4-8-16(9-5-14)28-17-10-6-15(7-11-17)22-13-27-12-18(20(23)25-2)19(22)21(24)26-3/h4-11H,12-13H2,1-3H3. The van der Waals surface area contributed by atoms with Gasteiger partial charge in [0.15, 0.2) is 0 Å². The zero-order valence-electron chi connectivity index (χ0n) is 15.9. The number of rotatable bonds is 5.